The summed E-state index contributed by atoms with van der Waals surface area (Å²) < 4.78 is 4.73. The lowest BCUT2D eigenvalue weighted by Crippen LogP contribution is -2.41. The molecule has 9 heavy (non-hydrogen) atoms. The molecule has 0 aromatic carbocycles. The molecule has 0 bridgehead atoms. The summed E-state index contributed by atoms with van der Waals surface area (Å²) in [5.41, 5.74) is -0.179. The molecule has 1 aliphatic carbocycles. The summed E-state index contributed by atoms with van der Waals surface area (Å²) in [7, 11) is 0. The molecule has 0 aromatic heterocycles. The van der Waals surface area contributed by atoms with Crippen LogP contribution >= 0.6 is 0 Å². The van der Waals surface area contributed by atoms with Gasteiger partial charge in [-0.2, -0.15) is 0 Å². The molecule has 0 saturated heterocycles. The molecule has 0 unspecified atom stereocenters. The molecule has 0 heterocycles. The molecular weight excluding hydrogens is 116 g/mol. The molecule has 0 spiro atoms. The van der Waals surface area contributed by atoms with E-state index >= 15 is 0 Å². The van der Waals surface area contributed by atoms with E-state index < -0.39 is 0 Å². The van der Waals surface area contributed by atoms with Crippen LogP contribution in [0, 0.1) is 5.92 Å². The van der Waals surface area contributed by atoms with Crippen LogP contribution in [0.1, 0.15) is 26.7 Å². The smallest absolute Gasteiger partial charge is 0.418 e. The first-order valence-electron chi connectivity index (χ1n) is 3.21. The summed E-state index contributed by atoms with van der Waals surface area (Å²) in [5.74, 6) is 0.711. The Morgan fingerprint density at radius 1 is 1.67 bits per heavy atom. The Labute approximate surface area is 55.2 Å². The third-order valence-corrected chi connectivity index (χ3v) is 1.85. The highest BCUT2D eigenvalue weighted by Crippen LogP contribution is 2.39. The molecule has 1 rings (SSSR count). The van der Waals surface area contributed by atoms with Gasteiger partial charge in [-0.1, -0.05) is 6.92 Å². The average molecular weight is 127 g/mol. The van der Waals surface area contributed by atoms with Crippen molar-refractivity contribution in [2.24, 2.45) is 5.92 Å². The zero-order valence-corrected chi connectivity index (χ0v) is 5.81. The summed E-state index contributed by atoms with van der Waals surface area (Å²) in [6.45, 7) is 5.57. The third kappa shape index (κ3) is 1.23. The van der Waals surface area contributed by atoms with Gasteiger partial charge in [-0.25, -0.2) is 4.79 Å². The van der Waals surface area contributed by atoms with Gasteiger partial charge in [0, 0.05) is 0 Å². The van der Waals surface area contributed by atoms with Gasteiger partial charge < -0.3 is 4.74 Å². The van der Waals surface area contributed by atoms with Crippen molar-refractivity contribution in [2.75, 3.05) is 0 Å². The minimum Gasteiger partial charge on any atom is -0.451 e. The molecule has 0 aromatic rings. The van der Waals surface area contributed by atoms with Gasteiger partial charge in [0.2, 0.25) is 0 Å². The Morgan fingerprint density at radius 3 is 2.56 bits per heavy atom. The van der Waals surface area contributed by atoms with Crippen LogP contribution in [0.3, 0.4) is 0 Å². The summed E-state index contributed by atoms with van der Waals surface area (Å²) >= 11 is 0. The molecule has 0 atom stereocenters. The van der Waals surface area contributed by atoms with Gasteiger partial charge in [0.1, 0.15) is 5.60 Å². The fraction of sp³-hybridized carbons (Fsp3) is 0.857. The van der Waals surface area contributed by atoms with Crippen LogP contribution in [0.5, 0.6) is 0 Å². The first kappa shape index (κ1) is 6.59. The van der Waals surface area contributed by atoms with Crippen LogP contribution in [0.4, 0.5) is 0 Å². The summed E-state index contributed by atoms with van der Waals surface area (Å²) in [6, 6.07) is 0. The Bertz CT molecular complexity index is 114. The predicted octanol–water partition coefficient (Wildman–Crippen LogP) is 1.26. The van der Waals surface area contributed by atoms with Crippen molar-refractivity contribution in [1.29, 1.82) is 0 Å². The zero-order valence-electron chi connectivity index (χ0n) is 5.81. The molecule has 1 saturated carbocycles. The molecular formula is C7H11O2. The minimum atomic E-state index is -0.179. The van der Waals surface area contributed by atoms with E-state index in [2.05, 4.69) is 6.92 Å². The Kier molecular flexibility index (Phi) is 1.47. The number of carbonyl (C=O) groups excluding carboxylic acids is 1. The van der Waals surface area contributed by atoms with Crippen molar-refractivity contribution in [3.05, 3.63) is 0 Å². The topological polar surface area (TPSA) is 26.3 Å². The standard InChI is InChI=1S/C7H11O2/c1-6-3-7(2,4-6)9-5-8/h6H,3-4H2,1-2H3. The summed E-state index contributed by atoms with van der Waals surface area (Å²) in [5, 5.41) is 0. The van der Waals surface area contributed by atoms with Gasteiger partial charge in [-0.15, -0.1) is 0 Å². The number of hydrogen-bond donors (Lipinski definition) is 0. The molecule has 0 aliphatic heterocycles. The predicted molar refractivity (Wildman–Crippen MR) is 33.6 cm³/mol. The third-order valence-electron chi connectivity index (χ3n) is 1.85. The highest BCUT2D eigenvalue weighted by atomic mass is 16.5. The lowest BCUT2D eigenvalue weighted by atomic mass is 9.73. The van der Waals surface area contributed by atoms with E-state index in [4.69, 9.17) is 4.74 Å². The first-order valence-corrected chi connectivity index (χ1v) is 3.21. The quantitative estimate of drug-likeness (QED) is 0.558. The number of ether oxygens (including phenoxy) is 1. The van der Waals surface area contributed by atoms with Gasteiger partial charge in [0.25, 0.3) is 0 Å². The normalized spacial score (nSPS) is 41.3. The molecule has 2 heteroatoms. The van der Waals surface area contributed by atoms with E-state index in [-0.39, 0.29) is 5.60 Å². The molecule has 0 amide bonds. The first-order chi connectivity index (χ1) is 4.16. The van der Waals surface area contributed by atoms with Crippen LogP contribution in [0.2, 0.25) is 0 Å². The summed E-state index contributed by atoms with van der Waals surface area (Å²) in [4.78, 5) is 9.77. The average Bonchev–Trinajstić information content (AvgIpc) is 1.62. The molecule has 51 valence electrons. The highest BCUT2D eigenvalue weighted by Gasteiger charge is 2.39. The second-order valence-corrected chi connectivity index (χ2v) is 3.15. The van der Waals surface area contributed by atoms with E-state index in [0.29, 0.717) is 5.92 Å². The highest BCUT2D eigenvalue weighted by molar-refractivity contribution is 5.39. The fourth-order valence-electron chi connectivity index (χ4n) is 1.60. The number of rotatable bonds is 2. The van der Waals surface area contributed by atoms with Crippen LogP contribution in [0.15, 0.2) is 0 Å². The van der Waals surface area contributed by atoms with Crippen LogP contribution in [-0.2, 0) is 9.53 Å². The van der Waals surface area contributed by atoms with Gasteiger partial charge in [-0.3, -0.25) is 0 Å². The van der Waals surface area contributed by atoms with Gasteiger partial charge in [-0.05, 0) is 25.7 Å². The van der Waals surface area contributed by atoms with Crippen molar-refractivity contribution < 1.29 is 9.53 Å². The molecule has 0 N–H and O–H groups in total. The lowest BCUT2D eigenvalue weighted by molar-refractivity contribution is -0.0393. The monoisotopic (exact) mass is 127 g/mol. The molecule has 1 aliphatic rings. The minimum absolute atomic E-state index is 0.179. The van der Waals surface area contributed by atoms with Crippen LogP contribution in [-0.4, -0.2) is 12.1 Å². The van der Waals surface area contributed by atoms with Gasteiger partial charge in [0.05, 0.1) is 0 Å². The van der Waals surface area contributed by atoms with E-state index in [1.165, 1.54) is 6.47 Å². The number of hydrogen-bond acceptors (Lipinski definition) is 2. The lowest BCUT2D eigenvalue weighted by Gasteiger charge is -2.41. The Morgan fingerprint density at radius 2 is 2.22 bits per heavy atom. The van der Waals surface area contributed by atoms with Gasteiger partial charge >= 0.3 is 6.47 Å². The molecule has 1 fully saturated rings. The SMILES string of the molecule is CC1CC(C)(O[C]=O)C1. The second kappa shape index (κ2) is 2.01. The Hall–Kier alpha value is -0.530. The van der Waals surface area contributed by atoms with Crippen molar-refractivity contribution in [3.63, 3.8) is 0 Å². The second-order valence-electron chi connectivity index (χ2n) is 3.15. The van der Waals surface area contributed by atoms with Crippen LogP contribution < -0.4 is 0 Å². The largest absolute Gasteiger partial charge is 0.451 e. The maximum Gasteiger partial charge on any atom is 0.418 e. The molecule has 1 radical (unpaired) electrons. The van der Waals surface area contributed by atoms with Crippen molar-refractivity contribution in [1.82, 2.24) is 0 Å². The maximum absolute atomic E-state index is 9.77. The van der Waals surface area contributed by atoms with E-state index in [0.717, 1.165) is 12.8 Å². The summed E-state index contributed by atoms with van der Waals surface area (Å²) in [6.07, 6.45) is 1.98. The van der Waals surface area contributed by atoms with E-state index in [9.17, 15) is 4.79 Å². The van der Waals surface area contributed by atoms with E-state index in [1.54, 1.807) is 0 Å². The van der Waals surface area contributed by atoms with Crippen molar-refractivity contribution in [3.8, 4) is 0 Å². The van der Waals surface area contributed by atoms with Crippen molar-refractivity contribution >= 4 is 6.47 Å². The van der Waals surface area contributed by atoms with Crippen LogP contribution in [0.25, 0.3) is 0 Å². The van der Waals surface area contributed by atoms with E-state index in [1.807, 2.05) is 6.92 Å². The van der Waals surface area contributed by atoms with Crippen molar-refractivity contribution in [2.45, 2.75) is 32.3 Å². The fourth-order valence-corrected chi connectivity index (χ4v) is 1.60. The Balaban J connectivity index is 2.31. The van der Waals surface area contributed by atoms with Gasteiger partial charge in [0.15, 0.2) is 0 Å². The maximum atomic E-state index is 9.77. The zero-order chi connectivity index (χ0) is 6.91. The molecule has 2 nitrogen and oxygen atoms in total.